The van der Waals surface area contributed by atoms with Crippen LogP contribution in [0.25, 0.3) is 111 Å². The van der Waals surface area contributed by atoms with E-state index in [1.165, 1.54) is 0 Å². The van der Waals surface area contributed by atoms with Gasteiger partial charge in [-0.1, -0.05) is 91.0 Å². The van der Waals surface area contributed by atoms with Gasteiger partial charge in [0.2, 0.25) is 0 Å². The molecule has 0 atom stereocenters. The van der Waals surface area contributed by atoms with Crippen LogP contribution in [0.2, 0.25) is 0 Å². The smallest absolute Gasteiger partial charge is 0.164 e. The third-order valence-electron chi connectivity index (χ3n) is 9.75. The SMILES string of the molecule is c1ccc(-c2nc(-c3ccc4c(c3)oc3cc(-c5cccc6oc7ccccc7c56)ccc34)nc(-c3ccc4oc5ccccc5c4c3)n2)cc1. The second-order valence-electron chi connectivity index (χ2n) is 12.8. The van der Waals surface area contributed by atoms with Crippen LogP contribution in [0.1, 0.15) is 0 Å². The number of rotatable bonds is 4. The predicted molar refractivity (Wildman–Crippen MR) is 203 cm³/mol. The molecule has 0 aliphatic heterocycles. The first-order chi connectivity index (χ1) is 25.2. The number of fused-ring (bicyclic) bond motifs is 9. The molecule has 4 aromatic heterocycles. The maximum atomic E-state index is 6.56. The lowest BCUT2D eigenvalue weighted by Crippen LogP contribution is -2.00. The number of para-hydroxylation sites is 2. The van der Waals surface area contributed by atoms with Crippen LogP contribution in [0, 0.1) is 0 Å². The number of aromatic nitrogens is 3. The van der Waals surface area contributed by atoms with E-state index in [0.717, 1.165) is 93.6 Å². The quantitative estimate of drug-likeness (QED) is 0.188. The van der Waals surface area contributed by atoms with E-state index < -0.39 is 0 Å². The third-order valence-corrected chi connectivity index (χ3v) is 9.75. The third kappa shape index (κ3) is 4.40. The Bertz CT molecular complexity index is 3150. The van der Waals surface area contributed by atoms with Crippen molar-refractivity contribution in [2.75, 3.05) is 0 Å². The van der Waals surface area contributed by atoms with Crippen molar-refractivity contribution >= 4 is 65.8 Å². The molecular formula is C45H25N3O3. The summed E-state index contributed by atoms with van der Waals surface area (Å²) in [4.78, 5) is 15.0. The van der Waals surface area contributed by atoms with Gasteiger partial charge in [0.05, 0.1) is 0 Å². The number of furan rings is 3. The van der Waals surface area contributed by atoms with Gasteiger partial charge in [0.15, 0.2) is 17.5 Å². The van der Waals surface area contributed by atoms with Crippen LogP contribution in [0.15, 0.2) is 165 Å². The van der Waals surface area contributed by atoms with Crippen LogP contribution in [-0.4, -0.2) is 15.0 Å². The summed E-state index contributed by atoms with van der Waals surface area (Å²) < 4.78 is 18.8. The fraction of sp³-hybridized carbons (Fsp3) is 0. The van der Waals surface area contributed by atoms with Crippen molar-refractivity contribution in [2.24, 2.45) is 0 Å². The molecule has 0 amide bonds. The minimum absolute atomic E-state index is 0.567. The fourth-order valence-electron chi connectivity index (χ4n) is 7.31. The standard InChI is InChI=1S/C45H25N3O3/c1-2-9-26(10-3-1)43-46-44(28-19-22-38-35(23-28)31-11-4-6-14-36(31)49-38)48-45(47-43)29-18-21-33-32-20-17-27(24-40(32)51-41(33)25-29)30-13-8-16-39-42(30)34-12-5-7-15-37(34)50-39/h1-25H. The summed E-state index contributed by atoms with van der Waals surface area (Å²) in [7, 11) is 0. The Morgan fingerprint density at radius 3 is 1.59 bits per heavy atom. The highest BCUT2D eigenvalue weighted by molar-refractivity contribution is 6.14. The Morgan fingerprint density at radius 1 is 0.294 bits per heavy atom. The second kappa shape index (κ2) is 10.7. The molecule has 11 aromatic rings. The molecule has 51 heavy (non-hydrogen) atoms. The van der Waals surface area contributed by atoms with E-state index in [-0.39, 0.29) is 0 Å². The predicted octanol–water partition coefficient (Wildman–Crippen LogP) is 12.2. The number of hydrogen-bond donors (Lipinski definition) is 0. The lowest BCUT2D eigenvalue weighted by atomic mass is 9.98. The van der Waals surface area contributed by atoms with Gasteiger partial charge in [-0.25, -0.2) is 15.0 Å². The van der Waals surface area contributed by atoms with Gasteiger partial charge < -0.3 is 13.3 Å². The monoisotopic (exact) mass is 655 g/mol. The van der Waals surface area contributed by atoms with Crippen molar-refractivity contribution in [1.82, 2.24) is 15.0 Å². The first kappa shape index (κ1) is 27.9. The van der Waals surface area contributed by atoms with Gasteiger partial charge in [-0.05, 0) is 71.8 Å². The van der Waals surface area contributed by atoms with E-state index in [1.54, 1.807) is 0 Å². The molecule has 238 valence electrons. The summed E-state index contributed by atoms with van der Waals surface area (Å²) in [6, 6.07) is 51.1. The minimum atomic E-state index is 0.567. The summed E-state index contributed by atoms with van der Waals surface area (Å²) in [5, 5.41) is 6.35. The lowest BCUT2D eigenvalue weighted by molar-refractivity contribution is 0.668. The Hall–Kier alpha value is -7.05. The highest BCUT2D eigenvalue weighted by Crippen LogP contribution is 2.40. The van der Waals surface area contributed by atoms with E-state index >= 15 is 0 Å². The van der Waals surface area contributed by atoms with E-state index in [2.05, 4.69) is 54.6 Å². The van der Waals surface area contributed by atoms with E-state index in [4.69, 9.17) is 28.2 Å². The second-order valence-corrected chi connectivity index (χ2v) is 12.8. The summed E-state index contributed by atoms with van der Waals surface area (Å²) in [5.74, 6) is 1.75. The molecule has 0 saturated heterocycles. The van der Waals surface area contributed by atoms with Crippen molar-refractivity contribution in [3.63, 3.8) is 0 Å². The molecule has 6 heteroatoms. The molecule has 7 aromatic carbocycles. The normalized spacial score (nSPS) is 11.9. The van der Waals surface area contributed by atoms with Crippen LogP contribution in [0.4, 0.5) is 0 Å². The zero-order valence-corrected chi connectivity index (χ0v) is 27.0. The molecule has 0 fully saturated rings. The van der Waals surface area contributed by atoms with Crippen LogP contribution < -0.4 is 0 Å². The van der Waals surface area contributed by atoms with Gasteiger partial charge in [0, 0.05) is 49.0 Å². The van der Waals surface area contributed by atoms with Gasteiger partial charge in [0.25, 0.3) is 0 Å². The van der Waals surface area contributed by atoms with Crippen LogP contribution in [0.5, 0.6) is 0 Å². The molecule has 0 radical (unpaired) electrons. The first-order valence-corrected chi connectivity index (χ1v) is 16.8. The zero-order valence-electron chi connectivity index (χ0n) is 27.0. The van der Waals surface area contributed by atoms with Crippen molar-refractivity contribution in [3.8, 4) is 45.3 Å². The largest absolute Gasteiger partial charge is 0.456 e. The molecule has 0 aliphatic rings. The number of nitrogens with zero attached hydrogens (tertiary/aromatic N) is 3. The van der Waals surface area contributed by atoms with E-state index in [0.29, 0.717) is 17.5 Å². The van der Waals surface area contributed by atoms with Gasteiger partial charge in [-0.3, -0.25) is 0 Å². The lowest BCUT2D eigenvalue weighted by Gasteiger charge is -2.08. The summed E-state index contributed by atoms with van der Waals surface area (Å²) >= 11 is 0. The zero-order chi connectivity index (χ0) is 33.5. The van der Waals surface area contributed by atoms with Gasteiger partial charge in [-0.15, -0.1) is 0 Å². The molecule has 4 heterocycles. The van der Waals surface area contributed by atoms with Crippen LogP contribution in [-0.2, 0) is 0 Å². The minimum Gasteiger partial charge on any atom is -0.456 e. The molecule has 0 N–H and O–H groups in total. The van der Waals surface area contributed by atoms with Crippen molar-refractivity contribution in [2.45, 2.75) is 0 Å². The van der Waals surface area contributed by atoms with E-state index in [9.17, 15) is 0 Å². The molecule has 0 spiro atoms. The molecule has 0 bridgehead atoms. The highest BCUT2D eigenvalue weighted by atomic mass is 16.3. The number of benzene rings is 7. The van der Waals surface area contributed by atoms with Gasteiger partial charge >= 0.3 is 0 Å². The average molecular weight is 656 g/mol. The Kier molecular flexibility index (Phi) is 5.86. The highest BCUT2D eigenvalue weighted by Gasteiger charge is 2.18. The Balaban J connectivity index is 1.05. The summed E-state index contributed by atoms with van der Waals surface area (Å²) in [6.07, 6.45) is 0. The van der Waals surface area contributed by atoms with Crippen molar-refractivity contribution in [3.05, 3.63) is 152 Å². The topological polar surface area (TPSA) is 78.1 Å². The number of hydrogen-bond acceptors (Lipinski definition) is 6. The molecule has 11 rings (SSSR count). The molecule has 0 saturated carbocycles. The summed E-state index contributed by atoms with van der Waals surface area (Å²) in [6.45, 7) is 0. The maximum absolute atomic E-state index is 6.56. The first-order valence-electron chi connectivity index (χ1n) is 16.8. The molecular weight excluding hydrogens is 631 g/mol. The molecule has 6 nitrogen and oxygen atoms in total. The van der Waals surface area contributed by atoms with Gasteiger partial charge in [-0.2, -0.15) is 0 Å². The van der Waals surface area contributed by atoms with Crippen molar-refractivity contribution in [1.29, 1.82) is 0 Å². The fourth-order valence-corrected chi connectivity index (χ4v) is 7.31. The van der Waals surface area contributed by atoms with E-state index in [1.807, 2.05) is 97.1 Å². The van der Waals surface area contributed by atoms with Crippen molar-refractivity contribution < 1.29 is 13.3 Å². The van der Waals surface area contributed by atoms with Crippen LogP contribution >= 0.6 is 0 Å². The average Bonchev–Trinajstić information content (AvgIpc) is 3.88. The summed E-state index contributed by atoms with van der Waals surface area (Å²) in [5.41, 5.74) is 9.80. The Labute approximate surface area is 290 Å². The van der Waals surface area contributed by atoms with Gasteiger partial charge in [0.1, 0.15) is 33.5 Å². The van der Waals surface area contributed by atoms with Crippen LogP contribution in [0.3, 0.4) is 0 Å². The maximum Gasteiger partial charge on any atom is 0.164 e. The molecule has 0 aliphatic carbocycles. The Morgan fingerprint density at radius 2 is 0.804 bits per heavy atom. The molecule has 0 unspecified atom stereocenters.